The van der Waals surface area contributed by atoms with Gasteiger partial charge in [-0.3, -0.25) is 4.90 Å². The molecule has 0 radical (unpaired) electrons. The number of benzene rings is 1. The van der Waals surface area contributed by atoms with Crippen LogP contribution in [0.4, 0.5) is 0 Å². The Balaban J connectivity index is 1.48. The summed E-state index contributed by atoms with van der Waals surface area (Å²) < 4.78 is 5.94. The first kappa shape index (κ1) is 12.9. The standard InChI is InChI=1S/C16H24N2O/c17-11-14-9-16(10-14)19-15-5-3-13(4-6-15)12-18-7-1-2-8-18/h3-6,14,16H,1-2,7-12,17H2. The van der Waals surface area contributed by atoms with Crippen molar-refractivity contribution in [3.05, 3.63) is 29.8 Å². The van der Waals surface area contributed by atoms with E-state index in [1.165, 1.54) is 31.5 Å². The summed E-state index contributed by atoms with van der Waals surface area (Å²) in [5, 5.41) is 0. The fraction of sp³-hybridized carbons (Fsp3) is 0.625. The lowest BCUT2D eigenvalue weighted by molar-refractivity contribution is 0.0690. The molecule has 3 heteroatoms. The van der Waals surface area contributed by atoms with Gasteiger partial charge in [-0.15, -0.1) is 0 Å². The van der Waals surface area contributed by atoms with E-state index in [9.17, 15) is 0 Å². The summed E-state index contributed by atoms with van der Waals surface area (Å²) in [6, 6.07) is 8.63. The quantitative estimate of drug-likeness (QED) is 0.883. The van der Waals surface area contributed by atoms with Gasteiger partial charge in [0.2, 0.25) is 0 Å². The van der Waals surface area contributed by atoms with Crippen LogP contribution in [0.25, 0.3) is 0 Å². The van der Waals surface area contributed by atoms with E-state index in [-0.39, 0.29) is 0 Å². The molecule has 0 unspecified atom stereocenters. The minimum absolute atomic E-state index is 0.387. The van der Waals surface area contributed by atoms with Crippen molar-refractivity contribution >= 4 is 0 Å². The van der Waals surface area contributed by atoms with Gasteiger partial charge in [0, 0.05) is 6.54 Å². The molecular formula is C16H24N2O. The largest absolute Gasteiger partial charge is 0.490 e. The van der Waals surface area contributed by atoms with Crippen LogP contribution in [0.5, 0.6) is 5.75 Å². The Morgan fingerprint density at radius 2 is 1.79 bits per heavy atom. The first-order valence-corrected chi connectivity index (χ1v) is 7.51. The minimum atomic E-state index is 0.387. The van der Waals surface area contributed by atoms with Gasteiger partial charge >= 0.3 is 0 Å². The van der Waals surface area contributed by atoms with Crippen molar-refractivity contribution in [2.45, 2.75) is 38.3 Å². The smallest absolute Gasteiger partial charge is 0.119 e. The van der Waals surface area contributed by atoms with E-state index >= 15 is 0 Å². The fourth-order valence-corrected chi connectivity index (χ4v) is 3.03. The Labute approximate surface area is 115 Å². The highest BCUT2D eigenvalue weighted by atomic mass is 16.5. The summed E-state index contributed by atoms with van der Waals surface area (Å²) in [6.07, 6.45) is 5.33. The Kier molecular flexibility index (Phi) is 4.04. The van der Waals surface area contributed by atoms with Crippen LogP contribution in [0, 0.1) is 5.92 Å². The lowest BCUT2D eigenvalue weighted by Crippen LogP contribution is -2.37. The molecule has 104 valence electrons. The number of ether oxygens (including phenoxy) is 1. The predicted molar refractivity (Wildman–Crippen MR) is 77.1 cm³/mol. The third-order valence-corrected chi connectivity index (χ3v) is 4.36. The van der Waals surface area contributed by atoms with Gasteiger partial charge in [0.15, 0.2) is 0 Å². The average molecular weight is 260 g/mol. The van der Waals surface area contributed by atoms with E-state index in [1.807, 2.05) is 0 Å². The zero-order chi connectivity index (χ0) is 13.1. The molecule has 1 aliphatic heterocycles. The molecule has 0 atom stereocenters. The average Bonchev–Trinajstić information content (AvgIpc) is 2.88. The van der Waals surface area contributed by atoms with Crippen LogP contribution < -0.4 is 10.5 Å². The number of rotatable bonds is 5. The van der Waals surface area contributed by atoms with Crippen molar-refractivity contribution in [1.82, 2.24) is 4.90 Å². The van der Waals surface area contributed by atoms with E-state index in [0.717, 1.165) is 31.7 Å². The summed E-state index contributed by atoms with van der Waals surface area (Å²) in [7, 11) is 0. The monoisotopic (exact) mass is 260 g/mol. The SMILES string of the molecule is NCC1CC(Oc2ccc(CN3CCCC3)cc2)C1. The molecule has 3 nitrogen and oxygen atoms in total. The molecule has 19 heavy (non-hydrogen) atoms. The van der Waals surface area contributed by atoms with Crippen LogP contribution >= 0.6 is 0 Å². The molecule has 2 aliphatic rings. The van der Waals surface area contributed by atoms with E-state index in [2.05, 4.69) is 29.2 Å². The summed E-state index contributed by atoms with van der Waals surface area (Å²) in [6.45, 7) is 4.38. The van der Waals surface area contributed by atoms with Gasteiger partial charge in [-0.2, -0.15) is 0 Å². The molecule has 2 N–H and O–H groups in total. The molecule has 1 heterocycles. The van der Waals surface area contributed by atoms with Crippen molar-refractivity contribution < 1.29 is 4.74 Å². The second-order valence-electron chi connectivity index (χ2n) is 5.94. The van der Waals surface area contributed by atoms with Crippen molar-refractivity contribution in [3.8, 4) is 5.75 Å². The highest BCUT2D eigenvalue weighted by Gasteiger charge is 2.29. The van der Waals surface area contributed by atoms with E-state index < -0.39 is 0 Å². The lowest BCUT2D eigenvalue weighted by atomic mass is 9.82. The van der Waals surface area contributed by atoms with Gasteiger partial charge in [0.1, 0.15) is 5.75 Å². The first-order chi connectivity index (χ1) is 9.33. The lowest BCUT2D eigenvalue weighted by Gasteiger charge is -2.34. The minimum Gasteiger partial charge on any atom is -0.490 e. The third-order valence-electron chi connectivity index (χ3n) is 4.36. The van der Waals surface area contributed by atoms with E-state index in [0.29, 0.717) is 12.0 Å². The van der Waals surface area contributed by atoms with E-state index in [1.54, 1.807) is 0 Å². The maximum absolute atomic E-state index is 5.94. The van der Waals surface area contributed by atoms with Crippen LogP contribution in [-0.4, -0.2) is 30.6 Å². The molecular weight excluding hydrogens is 236 g/mol. The van der Waals surface area contributed by atoms with Crippen LogP contribution in [0.1, 0.15) is 31.2 Å². The van der Waals surface area contributed by atoms with Gasteiger partial charge in [-0.05, 0) is 68.9 Å². The molecule has 1 aromatic rings. The maximum Gasteiger partial charge on any atom is 0.119 e. The maximum atomic E-state index is 5.94. The van der Waals surface area contributed by atoms with Crippen molar-refractivity contribution in [1.29, 1.82) is 0 Å². The highest BCUT2D eigenvalue weighted by Crippen LogP contribution is 2.30. The van der Waals surface area contributed by atoms with Crippen molar-refractivity contribution in [2.75, 3.05) is 19.6 Å². The highest BCUT2D eigenvalue weighted by molar-refractivity contribution is 5.27. The van der Waals surface area contributed by atoms with Gasteiger partial charge < -0.3 is 10.5 Å². The van der Waals surface area contributed by atoms with Gasteiger partial charge in [0.05, 0.1) is 6.10 Å². The molecule has 0 aromatic heterocycles. The Morgan fingerprint density at radius 3 is 2.42 bits per heavy atom. The summed E-state index contributed by atoms with van der Waals surface area (Å²) in [5.74, 6) is 1.69. The van der Waals surface area contributed by atoms with E-state index in [4.69, 9.17) is 10.5 Å². The molecule has 1 saturated heterocycles. The second-order valence-corrected chi connectivity index (χ2v) is 5.94. The third kappa shape index (κ3) is 3.28. The second kappa shape index (κ2) is 5.93. The number of hydrogen-bond donors (Lipinski definition) is 1. The molecule has 0 spiro atoms. The molecule has 1 saturated carbocycles. The molecule has 3 rings (SSSR count). The summed E-state index contributed by atoms with van der Waals surface area (Å²) in [5.41, 5.74) is 7.02. The number of hydrogen-bond acceptors (Lipinski definition) is 3. The van der Waals surface area contributed by atoms with Gasteiger partial charge in [-0.1, -0.05) is 12.1 Å². The van der Waals surface area contributed by atoms with Crippen LogP contribution in [0.2, 0.25) is 0 Å². The predicted octanol–water partition coefficient (Wildman–Crippen LogP) is 2.40. The Morgan fingerprint density at radius 1 is 1.11 bits per heavy atom. The Bertz CT molecular complexity index is 392. The molecule has 1 aliphatic carbocycles. The first-order valence-electron chi connectivity index (χ1n) is 7.51. The number of likely N-dealkylation sites (tertiary alicyclic amines) is 1. The number of nitrogens with zero attached hydrogens (tertiary/aromatic N) is 1. The molecule has 1 aromatic carbocycles. The van der Waals surface area contributed by atoms with Crippen LogP contribution in [0.3, 0.4) is 0 Å². The summed E-state index contributed by atoms with van der Waals surface area (Å²) in [4.78, 5) is 2.52. The zero-order valence-corrected chi connectivity index (χ0v) is 11.6. The summed E-state index contributed by atoms with van der Waals surface area (Å²) >= 11 is 0. The normalized spacial score (nSPS) is 27.2. The van der Waals surface area contributed by atoms with Crippen LogP contribution in [-0.2, 0) is 6.54 Å². The van der Waals surface area contributed by atoms with Gasteiger partial charge in [0.25, 0.3) is 0 Å². The van der Waals surface area contributed by atoms with Crippen molar-refractivity contribution in [2.24, 2.45) is 11.7 Å². The molecule has 0 bridgehead atoms. The van der Waals surface area contributed by atoms with Crippen molar-refractivity contribution in [3.63, 3.8) is 0 Å². The molecule has 0 amide bonds. The topological polar surface area (TPSA) is 38.5 Å². The van der Waals surface area contributed by atoms with Gasteiger partial charge in [-0.25, -0.2) is 0 Å². The Hall–Kier alpha value is -1.06. The number of nitrogens with two attached hydrogens (primary N) is 1. The molecule has 2 fully saturated rings. The zero-order valence-electron chi connectivity index (χ0n) is 11.6. The fourth-order valence-electron chi connectivity index (χ4n) is 3.03. The van der Waals surface area contributed by atoms with Crippen LogP contribution in [0.15, 0.2) is 24.3 Å².